The molecule has 0 amide bonds. The molecule has 0 saturated carbocycles. The fourth-order valence-corrected chi connectivity index (χ4v) is 6.28. The monoisotopic (exact) mass is 733 g/mol. The van der Waals surface area contributed by atoms with Gasteiger partial charge in [-0.15, -0.1) is 0 Å². The van der Waals surface area contributed by atoms with Crippen LogP contribution in [-0.2, 0) is 28.9 Å². The molecular weight excluding hydrogens is 671 g/mol. The van der Waals surface area contributed by atoms with Gasteiger partial charge in [0.05, 0.1) is 38.9 Å². The minimum Gasteiger partial charge on any atom is -0.493 e. The second kappa shape index (κ2) is 26.3. The van der Waals surface area contributed by atoms with E-state index in [1.54, 1.807) is 35.2 Å². The Morgan fingerprint density at radius 3 is 1.35 bits per heavy atom. The Bertz CT molecular complexity index is 1330. The van der Waals surface area contributed by atoms with Crippen molar-refractivity contribution in [1.82, 2.24) is 0 Å². The first-order valence-electron chi connectivity index (χ1n) is 18.9. The summed E-state index contributed by atoms with van der Waals surface area (Å²) in [6, 6.07) is 11.6. The molecule has 0 heterocycles. The molecule has 0 saturated heterocycles. The summed E-state index contributed by atoms with van der Waals surface area (Å²) >= 11 is 0. The molecule has 0 unspecified atom stereocenters. The van der Waals surface area contributed by atoms with E-state index in [1.807, 2.05) is 0 Å². The number of esters is 2. The number of hydrogen-bond donors (Lipinski definition) is 0. The summed E-state index contributed by atoms with van der Waals surface area (Å²) in [6.07, 6.45) is 22.6. The number of ether oxygens (including phenoxy) is 5. The largest absolute Gasteiger partial charge is 0.493 e. The maximum absolute atomic E-state index is 12.2. The molecule has 0 bridgehead atoms. The number of rotatable bonds is 30. The second-order valence-corrected chi connectivity index (χ2v) is 15.1. The van der Waals surface area contributed by atoms with E-state index in [-0.39, 0.29) is 18.0 Å². The lowest BCUT2D eigenvalue weighted by molar-refractivity contribution is -0.140. The molecule has 0 aliphatic rings. The summed E-state index contributed by atoms with van der Waals surface area (Å²) < 4.78 is 51.0. The fraction of sp³-hybridized carbons (Fsp3) is 0.650. The van der Waals surface area contributed by atoms with Gasteiger partial charge < -0.3 is 28.6 Å². The second-order valence-electron chi connectivity index (χ2n) is 13.1. The number of benzene rings is 2. The molecule has 2 rings (SSSR count). The van der Waals surface area contributed by atoms with Crippen LogP contribution < -0.4 is 19.1 Å². The molecule has 2 aromatic rings. The summed E-state index contributed by atoms with van der Waals surface area (Å²) in [6.45, 7) is 3.19. The molecular formula is C40H63NO9S. The van der Waals surface area contributed by atoms with Gasteiger partial charge in [0.25, 0.3) is 0 Å². The van der Waals surface area contributed by atoms with Gasteiger partial charge in [0.1, 0.15) is 30.3 Å². The third-order valence-corrected chi connectivity index (χ3v) is 9.80. The zero-order chi connectivity index (χ0) is 37.2. The number of unbranched alkanes of at least 4 members (excludes halogenated alkanes) is 15. The van der Waals surface area contributed by atoms with Gasteiger partial charge in [-0.05, 0) is 30.7 Å². The van der Waals surface area contributed by atoms with Gasteiger partial charge in [0.15, 0.2) is 9.84 Å². The van der Waals surface area contributed by atoms with Crippen LogP contribution in [0, 0.1) is 0 Å². The average molecular weight is 734 g/mol. The first-order chi connectivity index (χ1) is 24.7. The van der Waals surface area contributed by atoms with Gasteiger partial charge in [-0.1, -0.05) is 103 Å². The van der Waals surface area contributed by atoms with E-state index in [9.17, 15) is 18.0 Å². The van der Waals surface area contributed by atoms with Crippen LogP contribution in [0.1, 0.15) is 116 Å². The van der Waals surface area contributed by atoms with Crippen LogP contribution in [0.15, 0.2) is 47.4 Å². The van der Waals surface area contributed by atoms with Gasteiger partial charge >= 0.3 is 11.9 Å². The molecule has 288 valence electrons. The normalized spacial score (nSPS) is 11.2. The number of carbonyl (C=O) groups excluding carboxylic acids is 2. The Hall–Kier alpha value is -3.47. The lowest BCUT2D eigenvalue weighted by Crippen LogP contribution is -2.35. The lowest BCUT2D eigenvalue weighted by atomic mass is 10.0. The smallest absolute Gasteiger partial charge is 0.325 e. The fourth-order valence-electron chi connectivity index (χ4n) is 5.65. The van der Waals surface area contributed by atoms with Crippen LogP contribution in [0.3, 0.4) is 0 Å². The van der Waals surface area contributed by atoms with Crippen LogP contribution in [0.2, 0.25) is 0 Å². The highest BCUT2D eigenvalue weighted by molar-refractivity contribution is 7.90. The Kier molecular flexibility index (Phi) is 22.6. The molecule has 11 heteroatoms. The minimum atomic E-state index is -3.27. The molecule has 0 N–H and O–H groups in total. The highest BCUT2D eigenvalue weighted by Crippen LogP contribution is 2.30. The van der Waals surface area contributed by atoms with Crippen LogP contribution >= 0.6 is 0 Å². The van der Waals surface area contributed by atoms with E-state index >= 15 is 0 Å². The summed E-state index contributed by atoms with van der Waals surface area (Å²) in [7, 11) is -0.673. The standard InChI is InChI=1S/C40H63NO9S/c1-5-6-7-8-9-10-11-12-13-14-15-16-17-18-19-20-26-49-36-29-34(41(32-39(42)46-2)33-40(43)47-3)30-37(31-36)50-28-21-27-48-35-22-24-38(25-23-35)51(4,44)45/h22-25,29-31H,5-21,26-28,32-33H2,1-4H3. The average Bonchev–Trinajstić information content (AvgIpc) is 3.12. The molecule has 51 heavy (non-hydrogen) atoms. The van der Waals surface area contributed by atoms with Gasteiger partial charge in [0, 0.05) is 36.6 Å². The highest BCUT2D eigenvalue weighted by Gasteiger charge is 2.18. The first kappa shape index (κ1) is 43.7. The molecule has 0 fully saturated rings. The number of sulfone groups is 1. The maximum atomic E-state index is 12.2. The predicted octanol–water partition coefficient (Wildman–Crippen LogP) is 8.73. The van der Waals surface area contributed by atoms with Crippen LogP contribution in [-0.4, -0.2) is 73.7 Å². The van der Waals surface area contributed by atoms with Gasteiger partial charge in [-0.25, -0.2) is 8.42 Å². The number of nitrogens with zero attached hydrogens (tertiary/aromatic N) is 1. The maximum Gasteiger partial charge on any atom is 0.325 e. The molecule has 2 aromatic carbocycles. The zero-order valence-corrected chi connectivity index (χ0v) is 32.4. The highest BCUT2D eigenvalue weighted by atomic mass is 32.2. The van der Waals surface area contributed by atoms with Crippen molar-refractivity contribution in [2.45, 2.75) is 121 Å². The molecule has 0 aromatic heterocycles. The summed E-state index contributed by atoms with van der Waals surface area (Å²) in [5.41, 5.74) is 0.562. The van der Waals surface area contributed by atoms with Crippen molar-refractivity contribution < 1.29 is 41.7 Å². The van der Waals surface area contributed by atoms with E-state index in [0.29, 0.717) is 49.2 Å². The van der Waals surface area contributed by atoms with E-state index in [0.717, 1.165) is 19.1 Å². The van der Waals surface area contributed by atoms with Gasteiger partial charge in [0.2, 0.25) is 0 Å². The number of carbonyl (C=O) groups is 2. The SMILES string of the molecule is CCCCCCCCCCCCCCCCCCOc1cc(OCCCOc2ccc(S(C)(=O)=O)cc2)cc(N(CC(=O)OC)CC(=O)OC)c1. The van der Waals surface area contributed by atoms with Gasteiger partial charge in [-0.3, -0.25) is 9.59 Å². The van der Waals surface area contributed by atoms with Crippen molar-refractivity contribution in [3.05, 3.63) is 42.5 Å². The van der Waals surface area contributed by atoms with E-state index in [4.69, 9.17) is 23.7 Å². The van der Waals surface area contributed by atoms with Crippen LogP contribution in [0.4, 0.5) is 5.69 Å². The van der Waals surface area contributed by atoms with Crippen LogP contribution in [0.25, 0.3) is 0 Å². The third kappa shape index (κ3) is 20.2. The quantitative estimate of drug-likeness (QED) is 0.0570. The molecule has 0 aliphatic heterocycles. The van der Waals surface area contributed by atoms with E-state index in [1.165, 1.54) is 116 Å². The number of anilines is 1. The third-order valence-electron chi connectivity index (χ3n) is 8.67. The van der Waals surface area contributed by atoms with E-state index < -0.39 is 21.8 Å². The van der Waals surface area contributed by atoms with Crippen molar-refractivity contribution in [3.63, 3.8) is 0 Å². The summed E-state index contributed by atoms with van der Waals surface area (Å²) in [4.78, 5) is 26.2. The molecule has 0 spiro atoms. The van der Waals surface area contributed by atoms with Crippen molar-refractivity contribution in [2.24, 2.45) is 0 Å². The Balaban J connectivity index is 1.81. The number of hydrogen-bond acceptors (Lipinski definition) is 10. The van der Waals surface area contributed by atoms with Crippen molar-refractivity contribution in [1.29, 1.82) is 0 Å². The molecule has 10 nitrogen and oxygen atoms in total. The predicted molar refractivity (Wildman–Crippen MR) is 203 cm³/mol. The van der Waals surface area contributed by atoms with Gasteiger partial charge in [-0.2, -0.15) is 0 Å². The zero-order valence-electron chi connectivity index (χ0n) is 31.6. The molecule has 0 radical (unpaired) electrons. The first-order valence-corrected chi connectivity index (χ1v) is 20.8. The van der Waals surface area contributed by atoms with Crippen LogP contribution in [0.5, 0.6) is 17.2 Å². The summed E-state index contributed by atoms with van der Waals surface area (Å²) in [5.74, 6) is 0.665. The Morgan fingerprint density at radius 2 is 0.941 bits per heavy atom. The topological polar surface area (TPSA) is 118 Å². The van der Waals surface area contributed by atoms with Crippen molar-refractivity contribution >= 4 is 27.5 Å². The number of methoxy groups -OCH3 is 2. The Labute approximate surface area is 307 Å². The Morgan fingerprint density at radius 1 is 0.549 bits per heavy atom. The van der Waals surface area contributed by atoms with E-state index in [2.05, 4.69) is 6.92 Å². The van der Waals surface area contributed by atoms with Crippen molar-refractivity contribution in [3.8, 4) is 17.2 Å². The molecule has 0 atom stereocenters. The summed E-state index contributed by atoms with van der Waals surface area (Å²) in [5, 5.41) is 0. The van der Waals surface area contributed by atoms with Crippen molar-refractivity contribution in [2.75, 3.05) is 58.3 Å². The minimum absolute atomic E-state index is 0.153. The molecule has 0 aliphatic carbocycles. The lowest BCUT2D eigenvalue weighted by Gasteiger charge is -2.23.